The smallest absolute Gasteiger partial charge is 0.0205 e. The summed E-state index contributed by atoms with van der Waals surface area (Å²) in [5.41, 5.74) is 0. The molecular formula is C34H58. The van der Waals surface area contributed by atoms with Gasteiger partial charge in [0.05, 0.1) is 0 Å². The van der Waals surface area contributed by atoms with Crippen molar-refractivity contribution in [3.63, 3.8) is 0 Å². The quantitative estimate of drug-likeness (QED) is 0.222. The van der Waals surface area contributed by atoms with E-state index in [0.717, 1.165) is 47.3 Å². The molecule has 0 heterocycles. The molecule has 0 aromatic carbocycles. The summed E-state index contributed by atoms with van der Waals surface area (Å²) < 4.78 is 0. The first-order valence-corrected chi connectivity index (χ1v) is 16.1. The van der Waals surface area contributed by atoms with E-state index in [1.165, 1.54) is 116 Å². The fourth-order valence-corrected chi connectivity index (χ4v) is 8.43. The van der Waals surface area contributed by atoms with E-state index in [4.69, 9.17) is 0 Å². The number of rotatable bonds is 10. The highest BCUT2D eigenvalue weighted by Gasteiger charge is 2.33. The van der Waals surface area contributed by atoms with Crippen LogP contribution in [0.1, 0.15) is 142 Å². The van der Waals surface area contributed by atoms with Crippen molar-refractivity contribution in [3.05, 3.63) is 24.3 Å². The van der Waals surface area contributed by atoms with E-state index in [1.54, 1.807) is 12.8 Å². The lowest BCUT2D eigenvalue weighted by molar-refractivity contribution is 0.136. The molecule has 0 nitrogen and oxygen atoms in total. The third-order valence-electron chi connectivity index (χ3n) is 10.8. The maximum absolute atomic E-state index is 2.67. The Bertz CT molecular complexity index is 590. The van der Waals surface area contributed by atoms with Gasteiger partial charge in [0.15, 0.2) is 0 Å². The van der Waals surface area contributed by atoms with Crippen molar-refractivity contribution < 1.29 is 0 Å². The summed E-state index contributed by atoms with van der Waals surface area (Å²) in [4.78, 5) is 0. The van der Waals surface area contributed by atoms with Gasteiger partial charge in [0.1, 0.15) is 0 Å². The van der Waals surface area contributed by atoms with Gasteiger partial charge in [0.2, 0.25) is 0 Å². The molecule has 2 atom stereocenters. The molecule has 194 valence electrons. The number of hydrogen-bond donors (Lipinski definition) is 0. The van der Waals surface area contributed by atoms with E-state index in [-0.39, 0.29) is 0 Å². The van der Waals surface area contributed by atoms with Gasteiger partial charge in [-0.25, -0.2) is 0 Å². The zero-order valence-corrected chi connectivity index (χ0v) is 23.1. The Labute approximate surface area is 213 Å². The summed E-state index contributed by atoms with van der Waals surface area (Å²) in [5.74, 6) is 7.79. The van der Waals surface area contributed by atoms with Gasteiger partial charge in [-0.2, -0.15) is 0 Å². The highest BCUT2D eigenvalue weighted by Crippen LogP contribution is 2.45. The van der Waals surface area contributed by atoms with Crippen LogP contribution in [0.3, 0.4) is 0 Å². The lowest BCUT2D eigenvalue weighted by Crippen LogP contribution is -2.28. The molecule has 3 saturated carbocycles. The van der Waals surface area contributed by atoms with E-state index in [9.17, 15) is 0 Å². The third kappa shape index (κ3) is 8.00. The minimum Gasteiger partial charge on any atom is -0.0851 e. The monoisotopic (exact) mass is 466 g/mol. The van der Waals surface area contributed by atoms with Crippen molar-refractivity contribution in [1.29, 1.82) is 0 Å². The van der Waals surface area contributed by atoms with E-state index in [0.29, 0.717) is 0 Å². The zero-order valence-electron chi connectivity index (χ0n) is 23.1. The molecule has 0 radical (unpaired) electrons. The maximum atomic E-state index is 2.67. The van der Waals surface area contributed by atoms with Crippen LogP contribution in [-0.4, -0.2) is 0 Å². The molecule has 0 saturated heterocycles. The SMILES string of the molecule is CCCCCC1C=CC(C2CCC(C3CCC(C=CC4CCC(CCC)CC4)CC3)CC2)CC1. The van der Waals surface area contributed by atoms with Gasteiger partial charge in [0, 0.05) is 0 Å². The van der Waals surface area contributed by atoms with Crippen LogP contribution >= 0.6 is 0 Å². The van der Waals surface area contributed by atoms with Crippen molar-refractivity contribution in [1.82, 2.24) is 0 Å². The van der Waals surface area contributed by atoms with Crippen molar-refractivity contribution in [2.45, 2.75) is 142 Å². The molecular weight excluding hydrogens is 408 g/mol. The fourth-order valence-electron chi connectivity index (χ4n) is 8.43. The van der Waals surface area contributed by atoms with Crippen LogP contribution in [0.15, 0.2) is 24.3 Å². The molecule has 4 aliphatic rings. The fraction of sp³-hybridized carbons (Fsp3) is 0.882. The Morgan fingerprint density at radius 1 is 0.529 bits per heavy atom. The molecule has 0 aliphatic heterocycles. The number of hydrogen-bond acceptors (Lipinski definition) is 0. The van der Waals surface area contributed by atoms with Crippen LogP contribution in [0.5, 0.6) is 0 Å². The molecule has 0 amide bonds. The molecule has 2 unspecified atom stereocenters. The lowest BCUT2D eigenvalue weighted by atomic mass is 9.66. The van der Waals surface area contributed by atoms with Crippen LogP contribution < -0.4 is 0 Å². The van der Waals surface area contributed by atoms with Gasteiger partial charge >= 0.3 is 0 Å². The number of allylic oxidation sites excluding steroid dienone is 4. The van der Waals surface area contributed by atoms with Crippen LogP contribution in [0.4, 0.5) is 0 Å². The summed E-state index contributed by atoms with van der Waals surface area (Å²) in [6.45, 7) is 4.68. The van der Waals surface area contributed by atoms with Crippen LogP contribution in [0, 0.1) is 47.3 Å². The molecule has 3 fully saturated rings. The van der Waals surface area contributed by atoms with Gasteiger partial charge in [0.25, 0.3) is 0 Å². The first-order valence-electron chi connectivity index (χ1n) is 16.1. The Hall–Kier alpha value is -0.520. The second kappa shape index (κ2) is 14.3. The molecule has 4 rings (SSSR count). The maximum Gasteiger partial charge on any atom is -0.0205 e. The number of unbranched alkanes of at least 4 members (excludes halogenated alkanes) is 2. The molecule has 4 aliphatic carbocycles. The van der Waals surface area contributed by atoms with Gasteiger partial charge in [-0.05, 0) is 144 Å². The average Bonchev–Trinajstić information content (AvgIpc) is 2.89. The van der Waals surface area contributed by atoms with Crippen molar-refractivity contribution in [2.24, 2.45) is 47.3 Å². The minimum absolute atomic E-state index is 0.901. The summed E-state index contributed by atoms with van der Waals surface area (Å²) in [6, 6.07) is 0. The van der Waals surface area contributed by atoms with Crippen molar-refractivity contribution in [2.75, 3.05) is 0 Å². The topological polar surface area (TPSA) is 0 Å². The van der Waals surface area contributed by atoms with Crippen molar-refractivity contribution >= 4 is 0 Å². The van der Waals surface area contributed by atoms with Crippen LogP contribution in [0.2, 0.25) is 0 Å². The highest BCUT2D eigenvalue weighted by atomic mass is 14.4. The zero-order chi connectivity index (χ0) is 23.6. The van der Waals surface area contributed by atoms with Crippen LogP contribution in [-0.2, 0) is 0 Å². The first-order chi connectivity index (χ1) is 16.7. The predicted molar refractivity (Wildman–Crippen MR) is 150 cm³/mol. The molecule has 34 heavy (non-hydrogen) atoms. The van der Waals surface area contributed by atoms with Gasteiger partial charge in [-0.15, -0.1) is 0 Å². The second-order valence-corrected chi connectivity index (χ2v) is 13.2. The first kappa shape index (κ1) is 26.5. The molecule has 0 aromatic heterocycles. The Morgan fingerprint density at radius 3 is 1.68 bits per heavy atom. The van der Waals surface area contributed by atoms with E-state index in [2.05, 4.69) is 38.2 Å². The third-order valence-corrected chi connectivity index (χ3v) is 10.8. The normalized spacial score (nSPS) is 39.5. The summed E-state index contributed by atoms with van der Waals surface area (Å²) >= 11 is 0. The molecule has 0 N–H and O–H groups in total. The van der Waals surface area contributed by atoms with Gasteiger partial charge in [-0.3, -0.25) is 0 Å². The van der Waals surface area contributed by atoms with Crippen LogP contribution in [0.25, 0.3) is 0 Å². The predicted octanol–water partition coefficient (Wildman–Crippen LogP) is 10.9. The Kier molecular flexibility index (Phi) is 11.1. The second-order valence-electron chi connectivity index (χ2n) is 13.2. The Balaban J connectivity index is 1.11. The van der Waals surface area contributed by atoms with Crippen molar-refractivity contribution in [3.8, 4) is 0 Å². The molecule has 0 heteroatoms. The Morgan fingerprint density at radius 2 is 1.12 bits per heavy atom. The van der Waals surface area contributed by atoms with E-state index >= 15 is 0 Å². The highest BCUT2D eigenvalue weighted by molar-refractivity contribution is 5.01. The largest absolute Gasteiger partial charge is 0.0851 e. The summed E-state index contributed by atoms with van der Waals surface area (Å²) in [6.07, 6.45) is 40.2. The lowest BCUT2D eigenvalue weighted by Gasteiger charge is -2.40. The molecule has 0 bridgehead atoms. The van der Waals surface area contributed by atoms with Gasteiger partial charge in [-0.1, -0.05) is 70.3 Å². The molecule has 0 aromatic rings. The van der Waals surface area contributed by atoms with E-state index < -0.39 is 0 Å². The van der Waals surface area contributed by atoms with Gasteiger partial charge < -0.3 is 0 Å². The molecule has 0 spiro atoms. The standard InChI is InChI=1S/C34H58/c1-3-5-6-8-28-15-19-31(20-16-28)33-23-25-34(26-24-33)32-21-17-30(18-22-32)14-13-29-11-9-27(7-4-2)10-12-29/h13-15,19,27-34H,3-12,16-18,20-26H2,1-2H3. The van der Waals surface area contributed by atoms with E-state index in [1.807, 2.05) is 0 Å². The average molecular weight is 467 g/mol. The summed E-state index contributed by atoms with van der Waals surface area (Å²) in [7, 11) is 0. The minimum atomic E-state index is 0.901. The summed E-state index contributed by atoms with van der Waals surface area (Å²) in [5, 5.41) is 0.